The number of hydrazone groups is 1. The highest BCUT2D eigenvalue weighted by Gasteiger charge is 2.27. The fourth-order valence-electron chi connectivity index (χ4n) is 3.31. The number of ketones is 1. The van der Waals surface area contributed by atoms with Crippen LogP contribution >= 0.6 is 7.75 Å². The fourth-order valence-corrected chi connectivity index (χ4v) is 4.43. The van der Waals surface area contributed by atoms with Gasteiger partial charge in [0.05, 0.1) is 25.0 Å². The topological polar surface area (TPSA) is 144 Å². The normalized spacial score (nSPS) is 16.0. The van der Waals surface area contributed by atoms with Crippen LogP contribution in [0.3, 0.4) is 0 Å². The van der Waals surface area contributed by atoms with Gasteiger partial charge in [0.1, 0.15) is 5.75 Å². The van der Waals surface area contributed by atoms with Gasteiger partial charge in [-0.2, -0.15) is 5.10 Å². The first kappa shape index (κ1) is 30.0. The number of allylic oxidation sites excluding steroid dienone is 2. The second kappa shape index (κ2) is 13.9. The zero-order chi connectivity index (χ0) is 27.6. The molecule has 11 nitrogen and oxygen atoms in total. The van der Waals surface area contributed by atoms with Gasteiger partial charge in [-0.15, -0.1) is 0 Å². The number of nitrogens with one attached hydrogen (secondary N) is 1. The van der Waals surface area contributed by atoms with Crippen molar-refractivity contribution in [2.75, 3.05) is 20.3 Å². The third-order valence-electron chi connectivity index (χ3n) is 5.49. The number of nitrogens with zero attached hydrogens (tertiary/aromatic N) is 2. The van der Waals surface area contributed by atoms with Crippen molar-refractivity contribution < 1.29 is 37.8 Å². The van der Waals surface area contributed by atoms with E-state index in [0.29, 0.717) is 35.4 Å². The smallest absolute Gasteiger partial charge is 0.448 e. The molecule has 1 aromatic rings. The second-order valence-corrected chi connectivity index (χ2v) is 9.78. The third kappa shape index (κ3) is 8.38. The van der Waals surface area contributed by atoms with E-state index >= 15 is 0 Å². The Morgan fingerprint density at radius 3 is 2.22 bits per heavy atom. The Balaban J connectivity index is 2.01. The van der Waals surface area contributed by atoms with E-state index in [9.17, 15) is 18.9 Å². The minimum absolute atomic E-state index is 0.189. The number of aliphatic carboxylic acids is 1. The molecule has 1 aliphatic carbocycles. The number of rotatable bonds is 14. The van der Waals surface area contributed by atoms with Crippen LogP contribution in [0.4, 0.5) is 0 Å². The lowest BCUT2D eigenvalue weighted by Gasteiger charge is -2.25. The first-order valence-electron chi connectivity index (χ1n) is 12.0. The molecule has 0 spiro atoms. The van der Waals surface area contributed by atoms with Crippen molar-refractivity contribution in [2.24, 2.45) is 5.10 Å². The molecule has 0 aromatic heterocycles. The summed E-state index contributed by atoms with van der Waals surface area (Å²) in [7, 11) is -2.00. The number of carbonyl (C=O) groups is 3. The second-order valence-electron chi connectivity index (χ2n) is 8.07. The van der Waals surface area contributed by atoms with Gasteiger partial charge in [0.2, 0.25) is 0 Å². The summed E-state index contributed by atoms with van der Waals surface area (Å²) in [6, 6.07) is 5.39. The molecular weight excluding hydrogens is 501 g/mol. The Morgan fingerprint density at radius 1 is 1.11 bits per heavy atom. The maximum Gasteiger partial charge on any atom is 0.448 e. The lowest BCUT2D eigenvalue weighted by Crippen LogP contribution is -2.41. The Labute approximate surface area is 216 Å². The molecule has 0 saturated carbocycles. The molecule has 0 aliphatic heterocycles. The summed E-state index contributed by atoms with van der Waals surface area (Å²) in [5, 5.41) is 15.7. The number of benzene rings is 1. The van der Waals surface area contributed by atoms with Crippen molar-refractivity contribution >= 4 is 31.1 Å². The Morgan fingerprint density at radius 2 is 1.73 bits per heavy atom. The molecule has 1 amide bonds. The van der Waals surface area contributed by atoms with Crippen molar-refractivity contribution in [1.29, 1.82) is 0 Å². The number of hydrogen-bond donors (Lipinski definition) is 2. The van der Waals surface area contributed by atoms with E-state index in [0.717, 1.165) is 0 Å². The molecule has 1 aromatic carbocycles. The molecule has 0 radical (unpaired) electrons. The van der Waals surface area contributed by atoms with Gasteiger partial charge in [-0.3, -0.25) is 18.6 Å². The van der Waals surface area contributed by atoms with Crippen molar-refractivity contribution in [3.63, 3.8) is 0 Å². The largest absolute Gasteiger partial charge is 0.479 e. The number of carboxylic acids is 1. The zero-order valence-corrected chi connectivity index (χ0v) is 22.6. The molecule has 0 saturated heterocycles. The molecule has 2 atom stereocenters. The monoisotopic (exact) mass is 535 g/mol. The van der Waals surface area contributed by atoms with E-state index in [1.807, 2.05) is 0 Å². The van der Waals surface area contributed by atoms with Crippen LogP contribution in [0.15, 0.2) is 53.2 Å². The van der Waals surface area contributed by atoms with E-state index in [1.54, 1.807) is 65.1 Å². The van der Waals surface area contributed by atoms with Gasteiger partial charge in [-0.1, -0.05) is 13.0 Å². The lowest BCUT2D eigenvalue weighted by atomic mass is 10.0. The van der Waals surface area contributed by atoms with Crippen LogP contribution in [-0.2, 0) is 23.2 Å². The highest BCUT2D eigenvalue weighted by Crippen LogP contribution is 2.43. The Hall–Kier alpha value is -3.27. The molecule has 2 unspecified atom stereocenters. The van der Waals surface area contributed by atoms with Crippen molar-refractivity contribution in [2.45, 2.75) is 52.7 Å². The van der Waals surface area contributed by atoms with Gasteiger partial charge < -0.3 is 14.7 Å². The minimum Gasteiger partial charge on any atom is -0.479 e. The van der Waals surface area contributed by atoms with E-state index in [4.69, 9.17) is 18.9 Å². The number of likely N-dealkylation sites (N-methyl/N-ethyl adjacent to an activating group) is 1. The maximum absolute atomic E-state index is 13.0. The molecule has 0 fully saturated rings. The number of carbonyl (C=O) groups excluding carboxylic acids is 2. The number of ether oxygens (including phenoxy) is 1. The van der Waals surface area contributed by atoms with E-state index in [2.05, 4.69) is 10.3 Å². The van der Waals surface area contributed by atoms with Crippen LogP contribution in [0, 0.1) is 0 Å². The molecule has 2 N–H and O–H groups in total. The highest BCUT2D eigenvalue weighted by molar-refractivity contribution is 7.51. The summed E-state index contributed by atoms with van der Waals surface area (Å²) < 4.78 is 28.1. The molecule has 2 rings (SSSR count). The molecular formula is C25H34N3O8P. The van der Waals surface area contributed by atoms with Crippen LogP contribution in [0.2, 0.25) is 0 Å². The predicted octanol–water partition coefficient (Wildman–Crippen LogP) is 3.97. The summed E-state index contributed by atoms with van der Waals surface area (Å²) >= 11 is 0. The van der Waals surface area contributed by atoms with E-state index in [-0.39, 0.29) is 24.9 Å². The molecule has 12 heteroatoms. The molecule has 202 valence electrons. The first-order valence-corrected chi connectivity index (χ1v) is 13.5. The number of amides is 1. The Kier molecular flexibility index (Phi) is 11.2. The summed E-state index contributed by atoms with van der Waals surface area (Å²) in [6.45, 7) is 7.10. The number of hydrogen-bond acceptors (Lipinski definition) is 8. The molecule has 0 bridgehead atoms. The zero-order valence-electron chi connectivity index (χ0n) is 21.7. The van der Waals surface area contributed by atoms with E-state index < -0.39 is 25.9 Å². The van der Waals surface area contributed by atoms with Gasteiger partial charge in [0.15, 0.2) is 11.9 Å². The summed E-state index contributed by atoms with van der Waals surface area (Å²) in [5.74, 6) is -1.34. The first-order chi connectivity index (χ1) is 17.5. The van der Waals surface area contributed by atoms with Crippen LogP contribution in [0.5, 0.6) is 5.75 Å². The number of Topliss-reactive ketones (excluding diaryl/α,β-unsaturated/α-hetero) is 1. The van der Waals surface area contributed by atoms with Gasteiger partial charge in [0, 0.05) is 24.6 Å². The summed E-state index contributed by atoms with van der Waals surface area (Å²) in [4.78, 5) is 38.4. The van der Waals surface area contributed by atoms with Gasteiger partial charge in [0.25, 0.3) is 5.91 Å². The van der Waals surface area contributed by atoms with E-state index in [1.165, 1.54) is 17.0 Å². The lowest BCUT2D eigenvalue weighted by molar-refractivity contribution is -0.145. The SMILES string of the molecule is CCOP(=O)(NN=C1C=CC(C(=O)N(C)C(C)C(=O)c2ccc(OC(CC)C(=O)O)cc2)=CC1)OCC. The minimum atomic E-state index is -3.54. The van der Waals surface area contributed by atoms with Gasteiger partial charge >= 0.3 is 13.7 Å². The van der Waals surface area contributed by atoms with Crippen molar-refractivity contribution in [3.8, 4) is 5.75 Å². The molecule has 0 heterocycles. The molecule has 1 aliphatic rings. The maximum atomic E-state index is 13.0. The summed E-state index contributed by atoms with van der Waals surface area (Å²) in [5.41, 5.74) is 1.28. The fraction of sp³-hybridized carbons (Fsp3) is 0.440. The van der Waals surface area contributed by atoms with Crippen LogP contribution < -0.4 is 9.93 Å². The average molecular weight is 536 g/mol. The van der Waals surface area contributed by atoms with Gasteiger partial charge in [-0.25, -0.2) is 14.6 Å². The van der Waals surface area contributed by atoms with Crippen molar-refractivity contribution in [3.05, 3.63) is 53.6 Å². The van der Waals surface area contributed by atoms with Crippen LogP contribution in [0.1, 0.15) is 50.9 Å². The average Bonchev–Trinajstić information content (AvgIpc) is 2.89. The van der Waals surface area contributed by atoms with Crippen LogP contribution in [-0.4, -0.2) is 65.8 Å². The standard InChI is InChI=1S/C25H34N3O8P/c1-6-22(25(31)32)36-21-15-11-18(12-16-21)23(29)17(4)28(5)24(30)19-9-13-20(14-10-19)26-27-37(33,34-7-2)35-8-3/h9-13,15-17,22H,6-8,14H2,1-5H3,(H,27,33)(H,31,32). The Bertz CT molecular complexity index is 1100. The van der Waals surface area contributed by atoms with Crippen LogP contribution in [0.25, 0.3) is 0 Å². The molecule has 37 heavy (non-hydrogen) atoms. The predicted molar refractivity (Wildman–Crippen MR) is 139 cm³/mol. The number of carboxylic acid groups (broad SMARTS) is 1. The highest BCUT2D eigenvalue weighted by atomic mass is 31.2. The van der Waals surface area contributed by atoms with Crippen molar-refractivity contribution in [1.82, 2.24) is 10.1 Å². The summed E-state index contributed by atoms with van der Waals surface area (Å²) in [6.07, 6.45) is 4.49. The third-order valence-corrected chi connectivity index (χ3v) is 7.03. The quantitative estimate of drug-likeness (QED) is 0.205. The van der Waals surface area contributed by atoms with Gasteiger partial charge in [-0.05, 0) is 63.6 Å².